The van der Waals surface area contributed by atoms with Gasteiger partial charge in [0.25, 0.3) is 5.97 Å². The minimum absolute atomic E-state index is 0.331. The molecule has 0 unspecified atom stereocenters. The lowest BCUT2D eigenvalue weighted by molar-refractivity contribution is -0.134. The maximum absolute atomic E-state index is 11.6. The van der Waals surface area contributed by atoms with Crippen LogP contribution in [-0.2, 0) is 16.1 Å². The molecule has 1 atom stereocenters. The van der Waals surface area contributed by atoms with Crippen LogP contribution in [0.3, 0.4) is 0 Å². The largest absolute Gasteiger partial charge is 0.481 e. The van der Waals surface area contributed by atoms with E-state index in [0.29, 0.717) is 24.9 Å². The lowest BCUT2D eigenvalue weighted by Crippen LogP contribution is -2.31. The average molecular weight is 269 g/mol. The number of nitrogens with one attached hydrogen (secondary N) is 1. The number of carbonyl (C=O) groups excluding carboxylic acids is 1. The third kappa shape index (κ3) is 4.06. The Morgan fingerprint density at radius 2 is 2.26 bits per heavy atom. The number of aliphatic carboxylic acids is 1. The van der Waals surface area contributed by atoms with Gasteiger partial charge >= 0.3 is 5.97 Å². The van der Waals surface area contributed by atoms with E-state index in [0.717, 1.165) is 19.2 Å². The summed E-state index contributed by atoms with van der Waals surface area (Å²) in [6, 6.07) is 0.337. The Morgan fingerprint density at radius 1 is 1.63 bits per heavy atom. The Labute approximate surface area is 111 Å². The lowest BCUT2D eigenvalue weighted by Gasteiger charge is -2.23. The summed E-state index contributed by atoms with van der Waals surface area (Å²) < 4.78 is 6.98. The molecule has 1 aliphatic heterocycles. The highest BCUT2D eigenvalue weighted by atomic mass is 16.5. The fourth-order valence-corrected chi connectivity index (χ4v) is 1.81. The van der Waals surface area contributed by atoms with Gasteiger partial charge in [-0.2, -0.15) is 0 Å². The minimum Gasteiger partial charge on any atom is -0.481 e. The summed E-state index contributed by atoms with van der Waals surface area (Å²) >= 11 is 0. The molecule has 0 aliphatic carbocycles. The molecule has 0 fully saturated rings. The number of imidazole rings is 1. The van der Waals surface area contributed by atoms with Crippen LogP contribution in [0, 0.1) is 0 Å². The number of ether oxygens (including phenoxy) is 1. The maximum Gasteiger partial charge on any atom is 0.358 e. The van der Waals surface area contributed by atoms with Crippen LogP contribution in [0.15, 0.2) is 6.33 Å². The van der Waals surface area contributed by atoms with E-state index in [9.17, 15) is 4.79 Å². The average Bonchev–Trinajstić information content (AvgIpc) is 2.74. The Hall–Kier alpha value is -1.89. The van der Waals surface area contributed by atoms with Gasteiger partial charge in [0.15, 0.2) is 5.69 Å². The molecular formula is C12H19N3O4. The van der Waals surface area contributed by atoms with Crippen LogP contribution >= 0.6 is 0 Å². The van der Waals surface area contributed by atoms with Gasteiger partial charge in [0.2, 0.25) is 0 Å². The number of aromatic nitrogens is 2. The zero-order chi connectivity index (χ0) is 14.4. The van der Waals surface area contributed by atoms with Crippen LogP contribution < -0.4 is 5.32 Å². The molecule has 0 spiro atoms. The molecule has 7 heteroatoms. The zero-order valence-electron chi connectivity index (χ0n) is 11.3. The number of carbonyl (C=O) groups is 2. The number of hydrogen-bond acceptors (Lipinski definition) is 5. The van der Waals surface area contributed by atoms with Crippen molar-refractivity contribution in [1.82, 2.24) is 14.9 Å². The predicted molar refractivity (Wildman–Crippen MR) is 67.9 cm³/mol. The summed E-state index contributed by atoms with van der Waals surface area (Å²) in [5, 5.41) is 10.7. The highest BCUT2D eigenvalue weighted by Gasteiger charge is 2.23. The summed E-state index contributed by atoms with van der Waals surface area (Å²) in [5.41, 5.74) is 1.36. The first-order valence-corrected chi connectivity index (χ1v) is 6.10. The molecular weight excluding hydrogens is 250 g/mol. The SMILES string of the molecule is CC(=O)O.CCOC(=O)c1ncn2c1CNC[C@H]2C. The monoisotopic (exact) mass is 269 g/mol. The Morgan fingerprint density at radius 3 is 2.84 bits per heavy atom. The van der Waals surface area contributed by atoms with Crippen molar-refractivity contribution >= 4 is 11.9 Å². The fourth-order valence-electron chi connectivity index (χ4n) is 1.81. The first-order valence-electron chi connectivity index (χ1n) is 6.10. The number of nitrogens with zero attached hydrogens (tertiary/aromatic N) is 2. The number of hydrogen-bond donors (Lipinski definition) is 2. The number of fused-ring (bicyclic) bond motifs is 1. The van der Waals surface area contributed by atoms with Crippen molar-refractivity contribution in [3.8, 4) is 0 Å². The summed E-state index contributed by atoms with van der Waals surface area (Å²) in [6.45, 7) is 6.94. The van der Waals surface area contributed by atoms with E-state index in [1.807, 2.05) is 4.57 Å². The summed E-state index contributed by atoms with van der Waals surface area (Å²) in [4.78, 5) is 24.7. The number of carboxylic acid groups (broad SMARTS) is 1. The van der Waals surface area contributed by atoms with Gasteiger partial charge in [-0.3, -0.25) is 4.79 Å². The lowest BCUT2D eigenvalue weighted by atomic mass is 10.2. The van der Waals surface area contributed by atoms with Crippen molar-refractivity contribution < 1.29 is 19.4 Å². The molecule has 0 aromatic carbocycles. The van der Waals surface area contributed by atoms with Gasteiger partial charge in [-0.25, -0.2) is 9.78 Å². The highest BCUT2D eigenvalue weighted by Crippen LogP contribution is 2.18. The van der Waals surface area contributed by atoms with Gasteiger partial charge < -0.3 is 19.7 Å². The minimum atomic E-state index is -0.833. The second-order valence-electron chi connectivity index (χ2n) is 4.17. The quantitative estimate of drug-likeness (QED) is 0.772. The topological polar surface area (TPSA) is 93.5 Å². The first-order chi connectivity index (χ1) is 8.97. The molecule has 2 rings (SSSR count). The van der Waals surface area contributed by atoms with Crippen LogP contribution in [0.4, 0.5) is 0 Å². The first kappa shape index (κ1) is 15.2. The van der Waals surface area contributed by atoms with Crippen molar-refractivity contribution in [3.63, 3.8) is 0 Å². The summed E-state index contributed by atoms with van der Waals surface area (Å²) in [5.74, 6) is -1.16. The van der Waals surface area contributed by atoms with E-state index in [1.54, 1.807) is 13.3 Å². The fraction of sp³-hybridized carbons (Fsp3) is 0.583. The Bertz CT molecular complexity index is 452. The molecule has 19 heavy (non-hydrogen) atoms. The van der Waals surface area contributed by atoms with Gasteiger partial charge in [0.1, 0.15) is 0 Å². The Balaban J connectivity index is 0.000000399. The molecule has 0 saturated heterocycles. The standard InChI is InChI=1S/C10H15N3O2.C2H4O2/c1-3-15-10(14)9-8-5-11-4-7(2)13(8)6-12-9;1-2(3)4/h6-7,11H,3-5H2,1-2H3;1H3,(H,3,4)/t7-;/m1./s1. The molecule has 0 bridgehead atoms. The van der Waals surface area contributed by atoms with Crippen LogP contribution in [0.1, 0.15) is 43.0 Å². The maximum atomic E-state index is 11.6. The molecule has 0 saturated carbocycles. The van der Waals surface area contributed by atoms with Crippen LogP contribution in [0.25, 0.3) is 0 Å². The third-order valence-corrected chi connectivity index (χ3v) is 2.57. The highest BCUT2D eigenvalue weighted by molar-refractivity contribution is 5.88. The molecule has 7 nitrogen and oxygen atoms in total. The molecule has 1 aromatic heterocycles. The molecule has 0 radical (unpaired) electrons. The van der Waals surface area contributed by atoms with Crippen molar-refractivity contribution in [2.45, 2.75) is 33.4 Å². The second-order valence-corrected chi connectivity index (χ2v) is 4.17. The Kier molecular flexibility index (Phi) is 5.50. The van der Waals surface area contributed by atoms with Crippen LogP contribution in [-0.4, -0.2) is 39.7 Å². The molecule has 106 valence electrons. The summed E-state index contributed by atoms with van der Waals surface area (Å²) in [7, 11) is 0. The molecule has 2 heterocycles. The molecule has 1 aromatic rings. The van der Waals surface area contributed by atoms with Crippen molar-refractivity contribution in [2.75, 3.05) is 13.2 Å². The van der Waals surface area contributed by atoms with Gasteiger partial charge in [0, 0.05) is 26.1 Å². The van der Waals surface area contributed by atoms with Crippen molar-refractivity contribution in [3.05, 3.63) is 17.7 Å². The van der Waals surface area contributed by atoms with Crippen molar-refractivity contribution in [2.24, 2.45) is 0 Å². The normalized spacial score (nSPS) is 16.9. The van der Waals surface area contributed by atoms with E-state index in [2.05, 4.69) is 17.2 Å². The van der Waals surface area contributed by atoms with Gasteiger partial charge in [-0.05, 0) is 13.8 Å². The van der Waals surface area contributed by atoms with Gasteiger partial charge in [0.05, 0.1) is 18.6 Å². The smallest absolute Gasteiger partial charge is 0.358 e. The van der Waals surface area contributed by atoms with Gasteiger partial charge in [-0.1, -0.05) is 0 Å². The van der Waals surface area contributed by atoms with E-state index >= 15 is 0 Å². The van der Waals surface area contributed by atoms with Crippen LogP contribution in [0.2, 0.25) is 0 Å². The van der Waals surface area contributed by atoms with E-state index in [-0.39, 0.29) is 5.97 Å². The summed E-state index contributed by atoms with van der Waals surface area (Å²) in [6.07, 6.45) is 1.72. The predicted octanol–water partition coefficient (Wildman–Crippen LogP) is 0.815. The van der Waals surface area contributed by atoms with Crippen LogP contribution in [0.5, 0.6) is 0 Å². The number of esters is 1. The molecule has 2 N–H and O–H groups in total. The number of carboxylic acids is 1. The second kappa shape index (κ2) is 6.89. The van der Waals surface area contributed by atoms with E-state index in [1.165, 1.54) is 0 Å². The van der Waals surface area contributed by atoms with E-state index in [4.69, 9.17) is 14.6 Å². The zero-order valence-corrected chi connectivity index (χ0v) is 11.3. The third-order valence-electron chi connectivity index (χ3n) is 2.57. The molecule has 0 amide bonds. The van der Waals surface area contributed by atoms with Crippen molar-refractivity contribution in [1.29, 1.82) is 0 Å². The number of rotatable bonds is 2. The van der Waals surface area contributed by atoms with E-state index < -0.39 is 5.97 Å². The molecule has 1 aliphatic rings. The van der Waals surface area contributed by atoms with Gasteiger partial charge in [-0.15, -0.1) is 0 Å².